The van der Waals surface area contributed by atoms with Crippen molar-refractivity contribution >= 4 is 21.6 Å². The summed E-state index contributed by atoms with van der Waals surface area (Å²) in [7, 11) is -1.98. The molecule has 0 spiro atoms. The van der Waals surface area contributed by atoms with Gasteiger partial charge in [-0.15, -0.1) is 0 Å². The van der Waals surface area contributed by atoms with E-state index in [4.69, 9.17) is 0 Å². The van der Waals surface area contributed by atoms with Crippen LogP contribution in [0.2, 0.25) is 0 Å². The molecule has 0 fully saturated rings. The van der Waals surface area contributed by atoms with Crippen LogP contribution < -0.4 is 14.9 Å². The molecular formula is C27H34N4O4S. The molecule has 0 radical (unpaired) electrons. The van der Waals surface area contributed by atoms with Gasteiger partial charge in [0.05, 0.1) is 29.3 Å². The molecule has 0 aliphatic rings. The molecule has 2 atom stereocenters. The highest BCUT2D eigenvalue weighted by atomic mass is 32.2. The molecule has 36 heavy (non-hydrogen) atoms. The van der Waals surface area contributed by atoms with Crippen LogP contribution in [-0.2, 0) is 23.0 Å². The van der Waals surface area contributed by atoms with Gasteiger partial charge in [0, 0.05) is 31.9 Å². The summed E-state index contributed by atoms with van der Waals surface area (Å²) >= 11 is 0. The van der Waals surface area contributed by atoms with Crippen LogP contribution in [0.4, 0.5) is 5.69 Å². The number of carbonyl (C=O) groups excluding carboxylic acids is 1. The number of sulfonamides is 1. The molecule has 0 saturated heterocycles. The standard InChI is InChI=1S/C27H34N4O4S/c1-3-16-36(34,35)31(2)24-14-9-12-22(18-24)27(33)30-25(17-21-10-5-4-6-11-21)26(32)20-28-19-23-13-7-8-15-29-23/h4-15,18,25-26,28,32H,3,16-17,19-20H2,1-2H3,(H,30,33)/t25-,26-/m1/s1. The quantitative estimate of drug-likeness (QED) is 0.326. The lowest BCUT2D eigenvalue weighted by Gasteiger charge is -2.25. The molecule has 1 heterocycles. The van der Waals surface area contributed by atoms with Crippen molar-refractivity contribution in [3.05, 3.63) is 95.8 Å². The molecule has 0 unspecified atom stereocenters. The van der Waals surface area contributed by atoms with Crippen LogP contribution in [0.5, 0.6) is 0 Å². The minimum absolute atomic E-state index is 0.0246. The van der Waals surface area contributed by atoms with E-state index in [1.54, 1.807) is 37.4 Å². The smallest absolute Gasteiger partial charge is 0.251 e. The number of aliphatic hydroxyl groups is 1. The Labute approximate surface area is 213 Å². The summed E-state index contributed by atoms with van der Waals surface area (Å²) < 4.78 is 26.1. The number of aromatic nitrogens is 1. The van der Waals surface area contributed by atoms with Gasteiger partial charge in [0.2, 0.25) is 10.0 Å². The van der Waals surface area contributed by atoms with Crippen molar-refractivity contribution in [3.63, 3.8) is 0 Å². The zero-order chi connectivity index (χ0) is 26.0. The second-order valence-electron chi connectivity index (χ2n) is 8.62. The van der Waals surface area contributed by atoms with Crippen molar-refractivity contribution in [3.8, 4) is 0 Å². The summed E-state index contributed by atoms with van der Waals surface area (Å²) in [6, 6.07) is 21.2. The molecule has 3 N–H and O–H groups in total. The van der Waals surface area contributed by atoms with Gasteiger partial charge in [0.15, 0.2) is 0 Å². The first-order chi connectivity index (χ1) is 17.3. The summed E-state index contributed by atoms with van der Waals surface area (Å²) in [4.78, 5) is 17.4. The SMILES string of the molecule is CCCS(=O)(=O)N(C)c1cccc(C(=O)N[C@H](Cc2ccccc2)[C@H](O)CNCc2ccccn2)c1. The van der Waals surface area contributed by atoms with Crippen molar-refractivity contribution in [2.75, 3.05) is 23.7 Å². The Morgan fingerprint density at radius 2 is 1.81 bits per heavy atom. The predicted octanol–water partition coefficient (Wildman–Crippen LogP) is 2.75. The van der Waals surface area contributed by atoms with E-state index in [1.807, 2.05) is 48.5 Å². The van der Waals surface area contributed by atoms with Crippen LogP contribution in [0.3, 0.4) is 0 Å². The molecule has 3 rings (SSSR count). The fourth-order valence-corrected chi connectivity index (χ4v) is 5.02. The van der Waals surface area contributed by atoms with E-state index < -0.39 is 22.2 Å². The highest BCUT2D eigenvalue weighted by Crippen LogP contribution is 2.19. The molecule has 1 amide bonds. The average Bonchev–Trinajstić information content (AvgIpc) is 2.89. The largest absolute Gasteiger partial charge is 0.390 e. The van der Waals surface area contributed by atoms with Crippen molar-refractivity contribution in [2.45, 2.75) is 38.5 Å². The Hall–Kier alpha value is -3.27. The lowest BCUT2D eigenvalue weighted by Crippen LogP contribution is -2.48. The molecule has 8 nitrogen and oxygen atoms in total. The second kappa shape index (κ2) is 13.2. The minimum Gasteiger partial charge on any atom is -0.390 e. The van der Waals surface area contributed by atoms with E-state index in [2.05, 4.69) is 15.6 Å². The van der Waals surface area contributed by atoms with E-state index in [9.17, 15) is 18.3 Å². The maximum atomic E-state index is 13.2. The van der Waals surface area contributed by atoms with Crippen LogP contribution >= 0.6 is 0 Å². The molecule has 0 saturated carbocycles. The Morgan fingerprint density at radius 3 is 2.50 bits per heavy atom. The average molecular weight is 511 g/mol. The lowest BCUT2D eigenvalue weighted by atomic mass is 10.0. The van der Waals surface area contributed by atoms with Crippen LogP contribution in [0.25, 0.3) is 0 Å². The molecule has 0 aliphatic carbocycles. The number of anilines is 1. The van der Waals surface area contributed by atoms with E-state index >= 15 is 0 Å². The molecule has 3 aromatic rings. The zero-order valence-corrected chi connectivity index (χ0v) is 21.5. The topological polar surface area (TPSA) is 112 Å². The number of rotatable bonds is 13. The fourth-order valence-electron chi connectivity index (χ4n) is 3.79. The van der Waals surface area contributed by atoms with Crippen molar-refractivity contribution in [1.29, 1.82) is 0 Å². The molecule has 9 heteroatoms. The number of hydrogen-bond acceptors (Lipinski definition) is 6. The summed E-state index contributed by atoms with van der Waals surface area (Å²) in [6.07, 6.45) is 1.78. The van der Waals surface area contributed by atoms with Gasteiger partial charge in [0.25, 0.3) is 5.91 Å². The molecule has 0 aliphatic heterocycles. The number of nitrogens with one attached hydrogen (secondary N) is 2. The van der Waals surface area contributed by atoms with Gasteiger partial charge in [-0.2, -0.15) is 0 Å². The van der Waals surface area contributed by atoms with Gasteiger partial charge >= 0.3 is 0 Å². The van der Waals surface area contributed by atoms with Crippen molar-refractivity contribution in [1.82, 2.24) is 15.6 Å². The third-order valence-electron chi connectivity index (χ3n) is 5.82. The third kappa shape index (κ3) is 7.87. The Balaban J connectivity index is 1.72. The van der Waals surface area contributed by atoms with Crippen LogP contribution in [-0.4, -0.2) is 55.9 Å². The van der Waals surface area contributed by atoms with E-state index in [0.717, 1.165) is 11.3 Å². The highest BCUT2D eigenvalue weighted by Gasteiger charge is 2.23. The maximum Gasteiger partial charge on any atom is 0.251 e. The van der Waals surface area contributed by atoms with Crippen molar-refractivity contribution in [2.24, 2.45) is 0 Å². The Morgan fingerprint density at radius 1 is 1.06 bits per heavy atom. The number of benzene rings is 2. The van der Waals surface area contributed by atoms with Gasteiger partial charge < -0.3 is 15.7 Å². The van der Waals surface area contributed by atoms with E-state index in [0.29, 0.717) is 30.6 Å². The number of hydrogen-bond donors (Lipinski definition) is 3. The van der Waals surface area contributed by atoms with Crippen LogP contribution in [0, 0.1) is 0 Å². The second-order valence-corrected chi connectivity index (χ2v) is 10.7. The Bertz CT molecular complexity index is 1210. The number of aliphatic hydroxyl groups excluding tert-OH is 1. The lowest BCUT2D eigenvalue weighted by molar-refractivity contribution is 0.0829. The van der Waals surface area contributed by atoms with Crippen LogP contribution in [0.15, 0.2) is 79.0 Å². The van der Waals surface area contributed by atoms with Crippen LogP contribution in [0.1, 0.15) is 35.0 Å². The van der Waals surface area contributed by atoms with Gasteiger partial charge in [-0.1, -0.05) is 49.4 Å². The van der Waals surface area contributed by atoms with Gasteiger partial charge in [-0.3, -0.25) is 14.1 Å². The zero-order valence-electron chi connectivity index (χ0n) is 20.7. The normalized spacial score (nSPS) is 13.1. The molecule has 2 aromatic carbocycles. The molecular weight excluding hydrogens is 476 g/mol. The van der Waals surface area contributed by atoms with Gasteiger partial charge in [-0.05, 0) is 48.7 Å². The predicted molar refractivity (Wildman–Crippen MR) is 142 cm³/mol. The van der Waals surface area contributed by atoms with E-state index in [-0.39, 0.29) is 18.2 Å². The number of carbonyl (C=O) groups is 1. The first-order valence-corrected chi connectivity index (χ1v) is 13.6. The van der Waals surface area contributed by atoms with Crippen molar-refractivity contribution < 1.29 is 18.3 Å². The first-order valence-electron chi connectivity index (χ1n) is 12.0. The number of amides is 1. The summed E-state index contributed by atoms with van der Waals surface area (Å²) in [5.74, 6) is -0.362. The fraction of sp³-hybridized carbons (Fsp3) is 0.333. The first kappa shape index (κ1) is 27.3. The summed E-state index contributed by atoms with van der Waals surface area (Å²) in [6.45, 7) is 2.55. The Kier molecular flexibility index (Phi) is 9.98. The monoisotopic (exact) mass is 510 g/mol. The molecule has 1 aromatic heterocycles. The van der Waals surface area contributed by atoms with Gasteiger partial charge in [0.1, 0.15) is 0 Å². The molecule has 192 valence electrons. The number of nitrogens with zero attached hydrogens (tertiary/aromatic N) is 2. The van der Waals surface area contributed by atoms with Gasteiger partial charge in [-0.25, -0.2) is 8.42 Å². The number of pyridine rings is 1. The maximum absolute atomic E-state index is 13.2. The minimum atomic E-state index is -3.47. The summed E-state index contributed by atoms with van der Waals surface area (Å²) in [5.41, 5.74) is 2.56. The highest BCUT2D eigenvalue weighted by molar-refractivity contribution is 7.92. The molecule has 0 bridgehead atoms. The summed E-state index contributed by atoms with van der Waals surface area (Å²) in [5, 5.41) is 17.1. The van der Waals surface area contributed by atoms with E-state index in [1.165, 1.54) is 11.4 Å². The third-order valence-corrected chi connectivity index (χ3v) is 7.79.